The Morgan fingerprint density at radius 3 is 1.33 bits per heavy atom. The lowest BCUT2D eigenvalue weighted by atomic mass is 10.0. The highest BCUT2D eigenvalue weighted by molar-refractivity contribution is 5.78. The van der Waals surface area contributed by atoms with Crippen LogP contribution in [0.5, 0.6) is 0 Å². The van der Waals surface area contributed by atoms with E-state index >= 15 is 0 Å². The highest BCUT2D eigenvalue weighted by Crippen LogP contribution is 2.14. The summed E-state index contributed by atoms with van der Waals surface area (Å²) in [6.07, 6.45) is 22.8. The molecule has 0 saturated heterocycles. The quantitative estimate of drug-likeness (QED) is 0.109. The smallest absolute Gasteiger partial charge is 0.220 e. The van der Waals surface area contributed by atoms with Crippen molar-refractivity contribution >= 4 is 11.7 Å². The van der Waals surface area contributed by atoms with Crippen molar-refractivity contribution in [1.82, 2.24) is 5.32 Å². The largest absolute Gasteiger partial charge is 0.394 e. The molecule has 7 heteroatoms. The molecule has 3 N–H and O–H groups in total. The second-order valence-electron chi connectivity index (χ2n) is 9.82. The van der Waals surface area contributed by atoms with Gasteiger partial charge >= 0.3 is 0 Å². The lowest BCUT2D eigenvalue weighted by Crippen LogP contribution is -2.27. The summed E-state index contributed by atoms with van der Waals surface area (Å²) in [6, 6.07) is 0. The molecule has 0 atom stereocenters. The summed E-state index contributed by atoms with van der Waals surface area (Å²) in [5.41, 5.74) is 0. The van der Waals surface area contributed by atoms with E-state index < -0.39 is 0 Å². The third-order valence-corrected chi connectivity index (χ3v) is 6.39. The fraction of sp³-hybridized carbons (Fsp3) is 0.931. The zero-order valence-electron chi connectivity index (χ0n) is 23.1. The number of amides is 1. The van der Waals surface area contributed by atoms with Gasteiger partial charge in [-0.1, -0.05) is 89.9 Å². The van der Waals surface area contributed by atoms with Gasteiger partial charge in [0.2, 0.25) is 5.91 Å². The Labute approximate surface area is 221 Å². The Hall–Kier alpha value is -1.02. The number of ether oxygens (including phenoxy) is 2. The SMILES string of the molecule is O=C(CCCCCCCCCCCCCCCCCCC(=O)NCCOCCO)CCCOCCO. The molecule has 0 unspecified atom stereocenters. The summed E-state index contributed by atoms with van der Waals surface area (Å²) in [6.45, 7) is 2.32. The lowest BCUT2D eigenvalue weighted by molar-refractivity contribution is -0.121. The van der Waals surface area contributed by atoms with Crippen LogP contribution in [-0.2, 0) is 19.1 Å². The molecule has 0 aromatic carbocycles. The van der Waals surface area contributed by atoms with Gasteiger partial charge in [-0.15, -0.1) is 0 Å². The normalized spacial score (nSPS) is 11.2. The van der Waals surface area contributed by atoms with Gasteiger partial charge in [-0.05, 0) is 19.3 Å². The Kier molecular flexibility index (Phi) is 29.3. The number of ketones is 1. The second-order valence-corrected chi connectivity index (χ2v) is 9.82. The monoisotopic (exact) mass is 515 g/mol. The maximum Gasteiger partial charge on any atom is 0.220 e. The van der Waals surface area contributed by atoms with Gasteiger partial charge < -0.3 is 25.0 Å². The highest BCUT2D eigenvalue weighted by Gasteiger charge is 2.02. The molecule has 214 valence electrons. The number of aliphatic hydroxyl groups excluding tert-OH is 2. The molecule has 0 fully saturated rings. The molecule has 0 rings (SSSR count). The Bertz CT molecular complexity index is 433. The highest BCUT2D eigenvalue weighted by atomic mass is 16.5. The molecule has 0 aromatic rings. The molecule has 0 aromatic heterocycles. The minimum absolute atomic E-state index is 0.0215. The van der Waals surface area contributed by atoms with Gasteiger partial charge in [0, 0.05) is 32.4 Å². The minimum atomic E-state index is 0.0215. The van der Waals surface area contributed by atoms with E-state index in [1.165, 1.54) is 83.5 Å². The zero-order chi connectivity index (χ0) is 26.4. The van der Waals surface area contributed by atoms with Crippen LogP contribution < -0.4 is 5.32 Å². The fourth-order valence-corrected chi connectivity index (χ4v) is 4.26. The predicted molar refractivity (Wildman–Crippen MR) is 146 cm³/mol. The maximum absolute atomic E-state index is 11.8. The lowest BCUT2D eigenvalue weighted by Gasteiger charge is -2.06. The average Bonchev–Trinajstić information content (AvgIpc) is 2.87. The van der Waals surface area contributed by atoms with E-state index in [0.717, 1.165) is 25.7 Å². The van der Waals surface area contributed by atoms with Crippen LogP contribution in [0.3, 0.4) is 0 Å². The van der Waals surface area contributed by atoms with Crippen molar-refractivity contribution in [3.05, 3.63) is 0 Å². The topological polar surface area (TPSA) is 105 Å². The molecule has 0 heterocycles. The van der Waals surface area contributed by atoms with Crippen LogP contribution in [-0.4, -0.2) is 68.1 Å². The molecule has 0 spiro atoms. The second kappa shape index (κ2) is 30.2. The van der Waals surface area contributed by atoms with Gasteiger partial charge in [0.25, 0.3) is 0 Å². The first-order valence-corrected chi connectivity index (χ1v) is 14.9. The van der Waals surface area contributed by atoms with Gasteiger partial charge in [0.05, 0.1) is 33.0 Å². The van der Waals surface area contributed by atoms with E-state index in [2.05, 4.69) is 5.32 Å². The third-order valence-electron chi connectivity index (χ3n) is 6.39. The summed E-state index contributed by atoms with van der Waals surface area (Å²) in [5, 5.41) is 20.1. The number of hydrogen-bond donors (Lipinski definition) is 3. The number of carbonyl (C=O) groups excluding carboxylic acids is 2. The Morgan fingerprint density at radius 2 is 0.861 bits per heavy atom. The molecule has 0 aliphatic heterocycles. The van der Waals surface area contributed by atoms with E-state index in [4.69, 9.17) is 19.7 Å². The van der Waals surface area contributed by atoms with Gasteiger partial charge in [0.1, 0.15) is 5.78 Å². The Balaban J connectivity index is 3.16. The molecule has 36 heavy (non-hydrogen) atoms. The number of nitrogens with one attached hydrogen (secondary N) is 1. The third kappa shape index (κ3) is 29.2. The molecule has 0 aliphatic rings. The Morgan fingerprint density at radius 1 is 0.472 bits per heavy atom. The van der Waals surface area contributed by atoms with Crippen molar-refractivity contribution in [3.8, 4) is 0 Å². The number of Topliss-reactive ketones (excluding diaryl/α,β-unsaturated/α-hetero) is 1. The van der Waals surface area contributed by atoms with Crippen LogP contribution in [0.4, 0.5) is 0 Å². The number of hydrogen-bond acceptors (Lipinski definition) is 6. The standard InChI is InChI=1S/C29H57NO6/c31-22-26-35-24-17-19-28(33)18-15-13-11-9-7-5-3-1-2-4-6-8-10-12-14-16-20-29(34)30-21-25-36-27-23-32/h31-32H,1-27H2,(H,30,34). The molecule has 1 amide bonds. The number of carbonyl (C=O) groups is 2. The van der Waals surface area contributed by atoms with Crippen molar-refractivity contribution in [2.24, 2.45) is 0 Å². The maximum atomic E-state index is 11.8. The summed E-state index contributed by atoms with van der Waals surface area (Å²) < 4.78 is 10.3. The van der Waals surface area contributed by atoms with Crippen LogP contribution in [0.2, 0.25) is 0 Å². The summed E-state index contributed by atoms with van der Waals surface area (Å²) in [4.78, 5) is 23.5. The molecular formula is C29H57NO6. The van der Waals surface area contributed by atoms with E-state index in [0.29, 0.717) is 58.0 Å². The van der Waals surface area contributed by atoms with E-state index in [9.17, 15) is 9.59 Å². The first-order chi connectivity index (χ1) is 17.7. The summed E-state index contributed by atoms with van der Waals surface area (Å²) in [5.74, 6) is 0.448. The van der Waals surface area contributed by atoms with Crippen molar-refractivity contribution in [1.29, 1.82) is 0 Å². The molecule has 0 saturated carbocycles. The number of rotatable bonds is 30. The van der Waals surface area contributed by atoms with Gasteiger partial charge in [0.15, 0.2) is 0 Å². The van der Waals surface area contributed by atoms with Crippen LogP contribution in [0.25, 0.3) is 0 Å². The van der Waals surface area contributed by atoms with Crippen LogP contribution >= 0.6 is 0 Å². The van der Waals surface area contributed by atoms with Crippen LogP contribution in [0.1, 0.15) is 128 Å². The first-order valence-electron chi connectivity index (χ1n) is 14.9. The minimum Gasteiger partial charge on any atom is -0.394 e. The molecule has 7 nitrogen and oxygen atoms in total. The van der Waals surface area contributed by atoms with E-state index in [-0.39, 0.29) is 19.1 Å². The van der Waals surface area contributed by atoms with Gasteiger partial charge in [-0.3, -0.25) is 9.59 Å². The van der Waals surface area contributed by atoms with E-state index in [1.54, 1.807) is 0 Å². The van der Waals surface area contributed by atoms with Crippen LogP contribution in [0, 0.1) is 0 Å². The first kappa shape index (κ1) is 35.0. The summed E-state index contributed by atoms with van der Waals surface area (Å²) >= 11 is 0. The van der Waals surface area contributed by atoms with Crippen molar-refractivity contribution in [3.63, 3.8) is 0 Å². The van der Waals surface area contributed by atoms with Crippen molar-refractivity contribution < 1.29 is 29.3 Å². The number of aliphatic hydroxyl groups is 2. The van der Waals surface area contributed by atoms with E-state index in [1.807, 2.05) is 0 Å². The van der Waals surface area contributed by atoms with Crippen molar-refractivity contribution in [2.75, 3.05) is 46.2 Å². The van der Waals surface area contributed by atoms with Crippen molar-refractivity contribution in [2.45, 2.75) is 128 Å². The zero-order valence-corrected chi connectivity index (χ0v) is 23.1. The predicted octanol–water partition coefficient (Wildman–Crippen LogP) is 5.49. The van der Waals surface area contributed by atoms with Gasteiger partial charge in [-0.25, -0.2) is 0 Å². The molecule has 0 bridgehead atoms. The fourth-order valence-electron chi connectivity index (χ4n) is 4.26. The average molecular weight is 516 g/mol. The number of unbranched alkanes of at least 4 members (excludes halogenated alkanes) is 15. The molecule has 0 radical (unpaired) electrons. The molecule has 0 aliphatic carbocycles. The van der Waals surface area contributed by atoms with Gasteiger partial charge in [-0.2, -0.15) is 0 Å². The summed E-state index contributed by atoms with van der Waals surface area (Å²) in [7, 11) is 0. The molecular weight excluding hydrogens is 458 g/mol. The van der Waals surface area contributed by atoms with Crippen LogP contribution in [0.15, 0.2) is 0 Å².